The lowest BCUT2D eigenvalue weighted by molar-refractivity contribution is -0.320. The summed E-state index contributed by atoms with van der Waals surface area (Å²) >= 11 is 16.5. The van der Waals surface area contributed by atoms with Gasteiger partial charge in [-0.15, -0.1) is 0 Å². The normalized spacial score (nSPS) is 40.6. The monoisotopic (exact) mass is 1390 g/mol. The van der Waals surface area contributed by atoms with Gasteiger partial charge in [-0.1, -0.05) is 0 Å². The molecule has 6 fully saturated rings. The average Bonchev–Trinajstić information content (AvgIpc) is 1.68. The van der Waals surface area contributed by atoms with Gasteiger partial charge >= 0.3 is 20.2 Å². The van der Waals surface area contributed by atoms with Crippen LogP contribution in [0, 0.1) is 10.8 Å². The van der Waals surface area contributed by atoms with E-state index >= 15 is 0 Å². The quantitative estimate of drug-likeness (QED) is 0.00921. The number of nitrogens with two attached hydrogens (primary N) is 2. The number of ether oxygens (including phenoxy) is 10. The number of rotatable bonds is 35. The van der Waals surface area contributed by atoms with Gasteiger partial charge in [0.2, 0.25) is 0 Å². The van der Waals surface area contributed by atoms with Crippen molar-refractivity contribution in [2.75, 3.05) is 87.3 Å². The first kappa shape index (κ1) is 77.6. The number of methoxy groups -OCH3 is 1. The maximum atomic E-state index is 13.0. The summed E-state index contributed by atoms with van der Waals surface area (Å²) in [7, 11) is 9.76. The van der Waals surface area contributed by atoms with E-state index in [2.05, 4.69) is 21.3 Å². The molecule has 0 radical (unpaired) electrons. The number of nitrogens with one attached hydrogen (secondary N) is 6. The number of guanidine groups is 2. The lowest BCUT2D eigenvalue weighted by Crippen LogP contribution is -2.74. The Morgan fingerprint density at radius 2 is 1.16 bits per heavy atom. The van der Waals surface area contributed by atoms with Gasteiger partial charge in [0.1, 0.15) is 90.2 Å². The van der Waals surface area contributed by atoms with Crippen LogP contribution in [0.15, 0.2) is 0 Å². The topological polar surface area (TPSA) is 487 Å². The predicted molar refractivity (Wildman–Crippen MR) is 333 cm³/mol. The van der Waals surface area contributed by atoms with Crippen LogP contribution in [0.5, 0.6) is 0 Å². The van der Waals surface area contributed by atoms with Gasteiger partial charge in [0, 0.05) is 44.3 Å². The molecule has 5 heterocycles. The van der Waals surface area contributed by atoms with Gasteiger partial charge in [0.25, 0.3) is 0 Å². The van der Waals surface area contributed by atoms with Crippen molar-refractivity contribution in [3.05, 3.63) is 0 Å². The summed E-state index contributed by atoms with van der Waals surface area (Å²) in [5, 5.41) is 106. The van der Waals surface area contributed by atoms with Crippen LogP contribution in [0.25, 0.3) is 0 Å². The van der Waals surface area contributed by atoms with Gasteiger partial charge in [-0.05, 0) is 82.5 Å². The van der Waals surface area contributed by atoms with Crippen LogP contribution >= 0.6 is 20.2 Å². The zero-order chi connectivity index (χ0) is 66.0. The van der Waals surface area contributed by atoms with Crippen LogP contribution in [0.1, 0.15) is 40.0 Å². The van der Waals surface area contributed by atoms with E-state index in [0.29, 0.717) is 19.3 Å². The fourth-order valence-electron chi connectivity index (χ4n) is 11.7. The highest BCUT2D eigenvalue weighted by atomic mass is 32.5. The molecule has 1 aliphatic carbocycles. The molecule has 89 heavy (non-hydrogen) atoms. The Labute approximate surface area is 535 Å². The van der Waals surface area contributed by atoms with E-state index in [9.17, 15) is 45.5 Å². The highest BCUT2D eigenvalue weighted by Gasteiger charge is 2.66. The second kappa shape index (κ2) is 34.2. The molecule has 19 N–H and O–H groups in total. The minimum Gasteiger partial charge on any atom is -0.394 e. The Hall–Kier alpha value is -0.435. The van der Waals surface area contributed by atoms with E-state index in [1.54, 1.807) is 13.8 Å². The Morgan fingerprint density at radius 3 is 1.71 bits per heavy atom. The molecular weight excluding hydrogens is 1300 g/mol. The lowest BCUT2D eigenvalue weighted by atomic mass is 9.75. The molecule has 5 saturated heterocycles. The summed E-state index contributed by atoms with van der Waals surface area (Å²) in [4.78, 5) is 21.6. The van der Waals surface area contributed by atoms with E-state index in [0.717, 1.165) is 0 Å². The summed E-state index contributed by atoms with van der Waals surface area (Å²) in [5.41, 5.74) is 7.64. The first-order valence-corrected chi connectivity index (χ1v) is 36.9. The zero-order valence-corrected chi connectivity index (χ0v) is 56.3. The van der Waals surface area contributed by atoms with Crippen LogP contribution in [-0.4, -0.2) is 320 Å². The number of aliphatic hydroxyl groups is 7. The fourth-order valence-corrected chi connectivity index (χ4v) is 16.2. The van der Waals surface area contributed by atoms with Crippen molar-refractivity contribution in [2.45, 2.75) is 191 Å². The number of likely N-dealkylation sites (N-methyl/N-ethyl adjacent to an activating group) is 1. The molecule has 0 aromatic rings. The Morgan fingerprint density at radius 1 is 0.640 bits per heavy atom. The highest BCUT2D eigenvalue weighted by molar-refractivity contribution is 8.08. The van der Waals surface area contributed by atoms with Crippen molar-refractivity contribution in [1.82, 2.24) is 21.3 Å². The number of hydrogen-bond donors (Lipinski definition) is 17. The molecule has 6 aliphatic rings. The SMILES string of the molecule is BC1CC(OP(O)(=S)OC)C(COP(=S)(OCCOCCOCCNC(C)(C)C2(O)C(C)OC(OC3C(O)C(O)C(NC(=N)N)C(O)C3NC(=N)N)C2OC2OC(CO)C(O)C(O)C2NC)OC2CC(B)OC2COP(O)(=S)OC2CC(B)OC2COC)O1. The van der Waals surface area contributed by atoms with Crippen LogP contribution in [0.2, 0.25) is 0 Å². The van der Waals surface area contributed by atoms with Gasteiger partial charge in [-0.25, -0.2) is 0 Å². The van der Waals surface area contributed by atoms with E-state index in [4.69, 9.17) is 137 Å². The third kappa shape index (κ3) is 20.6. The van der Waals surface area contributed by atoms with Crippen molar-refractivity contribution in [1.29, 1.82) is 10.8 Å². The molecule has 27 atom stereocenters. The van der Waals surface area contributed by atoms with Gasteiger partial charge in [0.05, 0.1) is 108 Å². The summed E-state index contributed by atoms with van der Waals surface area (Å²) in [6.45, 7) is -7.11. The third-order valence-corrected chi connectivity index (χ3v) is 21.9. The largest absolute Gasteiger partial charge is 0.394 e. The first-order chi connectivity index (χ1) is 41.7. The molecule has 5 aliphatic heterocycles. The Kier molecular flexibility index (Phi) is 29.8. The van der Waals surface area contributed by atoms with Crippen LogP contribution in [-0.2, 0) is 114 Å². The maximum Gasteiger partial charge on any atom is 0.327 e. The van der Waals surface area contributed by atoms with E-state index in [1.165, 1.54) is 28.2 Å². The molecule has 0 aromatic carbocycles. The van der Waals surface area contributed by atoms with E-state index < -0.39 is 172 Å². The smallest absolute Gasteiger partial charge is 0.327 e. The predicted octanol–water partition coefficient (Wildman–Crippen LogP) is -8.14. The molecule has 1 saturated carbocycles. The number of hydrogen-bond acceptors (Lipinski definition) is 31. The Balaban J connectivity index is 1.08. The van der Waals surface area contributed by atoms with Gasteiger partial charge in [-0.3, -0.25) is 10.8 Å². The van der Waals surface area contributed by atoms with Crippen molar-refractivity contribution < 1.29 is 125 Å². The van der Waals surface area contributed by atoms with Crippen LogP contribution in [0.3, 0.4) is 0 Å². The second-order valence-electron chi connectivity index (χ2n) is 23.1. The average molecular weight is 1390 g/mol. The molecule has 6 rings (SSSR count). The van der Waals surface area contributed by atoms with Gasteiger partial charge in [-0.2, -0.15) is 0 Å². The molecule has 514 valence electrons. The third-order valence-electron chi connectivity index (χ3n) is 16.2. The number of aliphatic hydroxyl groups excluding tert-OH is 6. The van der Waals surface area contributed by atoms with Crippen molar-refractivity contribution >= 4 is 91.0 Å². The molecule has 0 amide bonds. The summed E-state index contributed by atoms with van der Waals surface area (Å²) in [6.07, 6.45) is -20.5. The molecule has 34 nitrogen and oxygen atoms in total. The van der Waals surface area contributed by atoms with E-state index in [1.807, 2.05) is 23.5 Å². The molecule has 43 heteroatoms. The Bertz CT molecular complexity index is 2420. The second-order valence-corrected chi connectivity index (χ2v) is 31.8. The molecule has 0 aromatic heterocycles. The standard InChI is InChI=1S/C46H92B3N8O26P3S3/c1-20-46(64,40(80-41-33(54-4)37(62)34(59)24(16-58)78-41)42(74-20)79-39-32(57-44(52)53)35(60)31(56-43(50)51)36(61)38(39)63)45(2,3)55-7-8-69-9-10-70-11-12-71-86(89,73-19-27-22(14-29(48)77-27)81-84(65,87)68-6)83-23-15-30(49)76-26(23)18-72-85(66,88)82-21-13-28(47)75-25(21)17-67-5/h20-42,54-55,58-64H,7-19,47-49H2,1-6H3,(H,65,87)(H,66,88)(H4,50,51,56)(H4,52,53,57). The van der Waals surface area contributed by atoms with Crippen molar-refractivity contribution in [3.8, 4) is 0 Å². The minimum absolute atomic E-state index is 0.00676. The van der Waals surface area contributed by atoms with E-state index in [-0.39, 0.29) is 77.4 Å². The molecule has 0 spiro atoms. The van der Waals surface area contributed by atoms with Crippen LogP contribution in [0.4, 0.5) is 0 Å². The highest BCUT2D eigenvalue weighted by Crippen LogP contribution is 2.55. The summed E-state index contributed by atoms with van der Waals surface area (Å²) < 4.78 is 101. The van der Waals surface area contributed by atoms with Gasteiger partial charge < -0.3 is 157 Å². The minimum atomic E-state index is -3.83. The fraction of sp³-hybridized carbons (Fsp3) is 0.957. The van der Waals surface area contributed by atoms with Crippen molar-refractivity contribution in [3.63, 3.8) is 0 Å². The summed E-state index contributed by atoms with van der Waals surface area (Å²) in [5.74, 6) is -1.32. The van der Waals surface area contributed by atoms with Crippen LogP contribution < -0.4 is 32.7 Å². The molecule has 0 bridgehead atoms. The van der Waals surface area contributed by atoms with Crippen molar-refractivity contribution in [2.24, 2.45) is 11.5 Å². The maximum absolute atomic E-state index is 13.0. The molecular formula is C46H92B3N8O26P3S3. The summed E-state index contributed by atoms with van der Waals surface area (Å²) in [6, 6.07) is -4.89. The lowest BCUT2D eigenvalue weighted by Gasteiger charge is -2.49. The zero-order valence-electron chi connectivity index (χ0n) is 51.2. The first-order valence-electron chi connectivity index (χ1n) is 29.1. The molecule has 27 unspecified atom stereocenters. The van der Waals surface area contributed by atoms with Gasteiger partial charge in [0.15, 0.2) is 24.5 Å².